The summed E-state index contributed by atoms with van der Waals surface area (Å²) in [5.74, 6) is -0.600. The Morgan fingerprint density at radius 2 is 1.58 bits per heavy atom. The van der Waals surface area contributed by atoms with Gasteiger partial charge in [0, 0.05) is 16.2 Å². The first-order chi connectivity index (χ1) is 25.6. The molecule has 0 aromatic rings. The number of rotatable bonds is 10. The van der Waals surface area contributed by atoms with Crippen molar-refractivity contribution in [2.75, 3.05) is 26.4 Å². The van der Waals surface area contributed by atoms with Gasteiger partial charge in [-0.05, 0) is 93.5 Å². The summed E-state index contributed by atoms with van der Waals surface area (Å²) in [7, 11) is 0. The Labute approximate surface area is 323 Å². The molecule has 0 spiro atoms. The SMILES string of the molecule is CC1OC(OC2CCC3(C)C(CCC4(C)C3C=CC3=C5CC(C)(C(=O)OCC(O)C(O)C(O)CO)CCC5(CO)C(O)CC34C)C2(C)CO)C(O)C(O)C1O. The predicted molar refractivity (Wildman–Crippen MR) is 197 cm³/mol. The zero-order chi connectivity index (χ0) is 40.7. The molecule has 3 saturated carbocycles. The van der Waals surface area contributed by atoms with Gasteiger partial charge in [0.1, 0.15) is 43.2 Å². The number of fused-ring (bicyclic) bond motifs is 6. The van der Waals surface area contributed by atoms with Crippen molar-refractivity contribution in [3.05, 3.63) is 23.3 Å². The van der Waals surface area contributed by atoms with Crippen molar-refractivity contribution < 1.29 is 70.1 Å². The highest BCUT2D eigenvalue weighted by Gasteiger charge is 2.69. The summed E-state index contributed by atoms with van der Waals surface area (Å²) >= 11 is 0. The van der Waals surface area contributed by atoms with Crippen molar-refractivity contribution in [3.63, 3.8) is 0 Å². The van der Waals surface area contributed by atoms with E-state index in [2.05, 4.69) is 32.9 Å². The molecule has 0 aromatic heterocycles. The van der Waals surface area contributed by atoms with Crippen molar-refractivity contribution in [2.45, 2.75) is 154 Å². The molecule has 6 aliphatic rings. The van der Waals surface area contributed by atoms with E-state index in [9.17, 15) is 50.8 Å². The van der Waals surface area contributed by atoms with Gasteiger partial charge in [-0.15, -0.1) is 0 Å². The van der Waals surface area contributed by atoms with Crippen LogP contribution < -0.4 is 0 Å². The number of allylic oxidation sites excluding steroid dienone is 3. The molecule has 314 valence electrons. The molecule has 10 N–H and O–H groups in total. The van der Waals surface area contributed by atoms with Crippen molar-refractivity contribution in [2.24, 2.45) is 44.3 Å². The molecule has 18 atom stereocenters. The minimum absolute atomic E-state index is 0.0110. The largest absolute Gasteiger partial charge is 0.462 e. The first kappa shape index (κ1) is 43.1. The number of ether oxygens (including phenoxy) is 3. The zero-order valence-corrected chi connectivity index (χ0v) is 33.2. The molecule has 0 bridgehead atoms. The van der Waals surface area contributed by atoms with E-state index in [0.717, 1.165) is 30.4 Å². The van der Waals surface area contributed by atoms with Gasteiger partial charge in [-0.25, -0.2) is 0 Å². The Morgan fingerprint density at radius 3 is 2.22 bits per heavy atom. The summed E-state index contributed by atoms with van der Waals surface area (Å²) in [6, 6.07) is 0. The minimum Gasteiger partial charge on any atom is -0.462 e. The van der Waals surface area contributed by atoms with Gasteiger partial charge in [-0.1, -0.05) is 45.4 Å². The lowest BCUT2D eigenvalue weighted by atomic mass is 9.35. The maximum Gasteiger partial charge on any atom is 0.312 e. The van der Waals surface area contributed by atoms with Crippen LogP contribution in [0.5, 0.6) is 0 Å². The van der Waals surface area contributed by atoms with E-state index in [1.54, 1.807) is 13.8 Å². The van der Waals surface area contributed by atoms with Gasteiger partial charge < -0.3 is 65.3 Å². The first-order valence-electron chi connectivity index (χ1n) is 20.1. The van der Waals surface area contributed by atoms with Crippen LogP contribution in [0.4, 0.5) is 0 Å². The maximum atomic E-state index is 13.7. The second-order valence-electron chi connectivity index (χ2n) is 19.3. The highest BCUT2D eigenvalue weighted by Crippen LogP contribution is 2.74. The Kier molecular flexibility index (Phi) is 11.7. The third-order valence-corrected chi connectivity index (χ3v) is 16.4. The maximum absolute atomic E-state index is 13.7. The zero-order valence-electron chi connectivity index (χ0n) is 33.2. The predicted octanol–water partition coefficient (Wildman–Crippen LogP) is 0.455. The molecule has 1 aliphatic heterocycles. The summed E-state index contributed by atoms with van der Waals surface area (Å²) in [4.78, 5) is 13.7. The first-order valence-corrected chi connectivity index (χ1v) is 20.1. The molecule has 1 heterocycles. The molecule has 18 unspecified atom stereocenters. The summed E-state index contributed by atoms with van der Waals surface area (Å²) in [5.41, 5.74) is -2.18. The lowest BCUT2D eigenvalue weighted by Gasteiger charge is -2.70. The Bertz CT molecular complexity index is 1500. The average Bonchev–Trinajstić information content (AvgIpc) is 3.15. The molecule has 1 saturated heterocycles. The lowest BCUT2D eigenvalue weighted by molar-refractivity contribution is -0.327. The topological polar surface area (TPSA) is 247 Å². The number of carbonyl (C=O) groups excluding carboxylic acids is 1. The van der Waals surface area contributed by atoms with Gasteiger partial charge in [0.05, 0.1) is 43.5 Å². The number of aliphatic hydroxyl groups excluding tert-OH is 10. The van der Waals surface area contributed by atoms with Crippen LogP contribution in [-0.4, -0.2) is 145 Å². The number of hydrogen-bond donors (Lipinski definition) is 10. The fourth-order valence-corrected chi connectivity index (χ4v) is 12.4. The third-order valence-electron chi connectivity index (χ3n) is 16.4. The number of carbonyl (C=O) groups is 1. The van der Waals surface area contributed by atoms with Gasteiger partial charge in [0.15, 0.2) is 6.29 Å². The summed E-state index contributed by atoms with van der Waals surface area (Å²) in [5, 5.41) is 105. The standard InChI is InChI=1S/C41H66O14/c1-21-30(48)32(50)33(51)34(54-21)55-29-10-11-37(3)26(38(29,4)19-43)9-12-39(5)27(37)8-7-22-23-15-36(2,35(52)53-18-25(46)31(49)24(45)17-42)13-14-41(23,20-44)28(47)16-40(22,39)6/h7-8,21,24-34,42-51H,9-20H2,1-6H3. The van der Waals surface area contributed by atoms with Crippen LogP contribution in [0.15, 0.2) is 23.3 Å². The van der Waals surface area contributed by atoms with Crippen molar-refractivity contribution in [3.8, 4) is 0 Å². The van der Waals surface area contributed by atoms with Crippen LogP contribution in [-0.2, 0) is 19.0 Å². The van der Waals surface area contributed by atoms with Gasteiger partial charge in [-0.2, -0.15) is 0 Å². The van der Waals surface area contributed by atoms with E-state index in [-0.39, 0.29) is 42.3 Å². The van der Waals surface area contributed by atoms with E-state index in [4.69, 9.17) is 19.3 Å². The molecule has 0 amide bonds. The Hall–Kier alpha value is -1.53. The number of aliphatic hydroxyl groups is 10. The van der Waals surface area contributed by atoms with E-state index < -0.39 is 102 Å². The van der Waals surface area contributed by atoms with Crippen LogP contribution in [0.25, 0.3) is 0 Å². The Morgan fingerprint density at radius 1 is 0.891 bits per heavy atom. The lowest BCUT2D eigenvalue weighted by Crippen LogP contribution is -2.66. The molecule has 4 fully saturated rings. The van der Waals surface area contributed by atoms with E-state index in [1.165, 1.54) is 0 Å². The average molecular weight is 783 g/mol. The van der Waals surface area contributed by atoms with Crippen molar-refractivity contribution in [1.82, 2.24) is 0 Å². The van der Waals surface area contributed by atoms with Crippen LogP contribution in [0.3, 0.4) is 0 Å². The smallest absolute Gasteiger partial charge is 0.312 e. The van der Waals surface area contributed by atoms with Gasteiger partial charge in [-0.3, -0.25) is 4.79 Å². The van der Waals surface area contributed by atoms with Crippen molar-refractivity contribution >= 4 is 5.97 Å². The van der Waals surface area contributed by atoms with Gasteiger partial charge in [0.25, 0.3) is 0 Å². The number of esters is 1. The molecule has 0 radical (unpaired) electrons. The second-order valence-corrected chi connectivity index (χ2v) is 19.3. The van der Waals surface area contributed by atoms with Crippen LogP contribution in [0, 0.1) is 44.3 Å². The highest BCUT2D eigenvalue weighted by molar-refractivity contribution is 5.77. The molecule has 5 aliphatic carbocycles. The second kappa shape index (κ2) is 14.9. The van der Waals surface area contributed by atoms with Gasteiger partial charge in [0.2, 0.25) is 0 Å². The third kappa shape index (κ3) is 6.40. The van der Waals surface area contributed by atoms with Crippen LogP contribution in [0.1, 0.15) is 92.9 Å². The molecule has 14 heteroatoms. The minimum atomic E-state index is -1.71. The molecule has 0 aromatic carbocycles. The molecule has 55 heavy (non-hydrogen) atoms. The summed E-state index contributed by atoms with van der Waals surface area (Å²) < 4.78 is 17.7. The molecular weight excluding hydrogens is 716 g/mol. The van der Waals surface area contributed by atoms with E-state index in [0.29, 0.717) is 25.7 Å². The van der Waals surface area contributed by atoms with E-state index >= 15 is 0 Å². The fraction of sp³-hybridized carbons (Fsp3) is 0.878. The quantitative estimate of drug-likeness (QED) is 0.107. The fourth-order valence-electron chi connectivity index (χ4n) is 12.4. The molecular formula is C41H66O14. The highest BCUT2D eigenvalue weighted by atomic mass is 16.7. The van der Waals surface area contributed by atoms with Crippen LogP contribution in [0.2, 0.25) is 0 Å². The van der Waals surface area contributed by atoms with Crippen LogP contribution >= 0.6 is 0 Å². The monoisotopic (exact) mass is 782 g/mol. The van der Waals surface area contributed by atoms with Gasteiger partial charge >= 0.3 is 5.97 Å². The summed E-state index contributed by atoms with van der Waals surface area (Å²) in [6.45, 7) is 10.3. The molecule has 14 nitrogen and oxygen atoms in total. The van der Waals surface area contributed by atoms with Crippen molar-refractivity contribution in [1.29, 1.82) is 0 Å². The molecule has 6 rings (SSSR count). The normalized spacial score (nSPS) is 49.9. The number of hydrogen-bond acceptors (Lipinski definition) is 14. The summed E-state index contributed by atoms with van der Waals surface area (Å²) in [6.07, 6.45) is -3.95. The Balaban J connectivity index is 1.31. The van der Waals surface area contributed by atoms with E-state index in [1.807, 2.05) is 6.92 Å².